The maximum absolute atomic E-state index is 12.0. The third kappa shape index (κ3) is 12.2. The monoisotopic (exact) mass is 943 g/mol. The van der Waals surface area contributed by atoms with Gasteiger partial charge in [-0.15, -0.1) is 0 Å². The molecule has 12 atom stereocenters. The van der Waals surface area contributed by atoms with Crippen LogP contribution in [0, 0.1) is 57.2 Å². The predicted molar refractivity (Wildman–Crippen MR) is 274 cm³/mol. The van der Waals surface area contributed by atoms with Crippen molar-refractivity contribution in [3.05, 3.63) is 12.2 Å². The van der Waals surface area contributed by atoms with Crippen LogP contribution in [0.2, 0.25) is 36.3 Å². The fraction of sp³-hybridized carbons (Fsp3) is 0.929. The van der Waals surface area contributed by atoms with Gasteiger partial charge in [-0.2, -0.15) is 0 Å². The summed E-state index contributed by atoms with van der Waals surface area (Å²) < 4.78 is 19.3. The minimum Gasteiger partial charge on any atom is -0.463 e. The molecule has 6 saturated carbocycles. The summed E-state index contributed by atoms with van der Waals surface area (Å²) in [5.41, 5.74) is -0.195. The Bertz CT molecular complexity index is 1650. The maximum atomic E-state index is 12.0. The Hall–Kier alpha value is -0.846. The standard InChI is InChI=1S/C30H54O4Si.C26H48O3Si/c1-10-33-26(31)17-14-22-21-30(22,20-12-18-28(5,6)32)25-16-15-23-24(13-11-19-29(23,25)7)34-35(8,9)27(2,3)4;1-23(2,3)30(7,8)29-21-11-9-15-25(6)20(21)12-13-22(25)26(17-19(26)18-27)16-10-14-24(4,5)28/h14,17,22-25,32H,10-13,15-16,18-21H2,1-9H3;18-22,28H,9-17H2,1-8H3/t22?,23?,24-,25?,29-,30?;19?,20?,21-,22?,25-,26?/m00/s1. The van der Waals surface area contributed by atoms with Gasteiger partial charge in [-0.25, -0.2) is 4.79 Å². The first kappa shape index (κ1) is 55.1. The van der Waals surface area contributed by atoms with Crippen molar-refractivity contribution >= 4 is 28.9 Å². The van der Waals surface area contributed by atoms with Crippen molar-refractivity contribution in [2.75, 3.05) is 6.61 Å². The molecule has 0 aromatic heterocycles. The van der Waals surface area contributed by atoms with Gasteiger partial charge in [0.2, 0.25) is 0 Å². The topological polar surface area (TPSA) is 102 Å². The molecule has 0 aromatic carbocycles. The van der Waals surface area contributed by atoms with E-state index in [4.69, 9.17) is 13.6 Å². The van der Waals surface area contributed by atoms with Gasteiger partial charge in [0.05, 0.1) is 17.8 Å². The predicted octanol–water partition coefficient (Wildman–Crippen LogP) is 14.4. The first-order chi connectivity index (χ1) is 29.7. The Kier molecular flexibility index (Phi) is 16.7. The average molecular weight is 944 g/mol. The molecule has 6 rings (SSSR count). The van der Waals surface area contributed by atoms with E-state index in [1.54, 1.807) is 6.08 Å². The second-order valence-corrected chi connectivity index (χ2v) is 37.3. The van der Waals surface area contributed by atoms with Gasteiger partial charge < -0.3 is 28.6 Å². The lowest BCUT2D eigenvalue weighted by atomic mass is 9.59. The van der Waals surface area contributed by atoms with Crippen LogP contribution in [-0.2, 0) is 23.2 Å². The number of carbonyl (C=O) groups is 2. The lowest BCUT2D eigenvalue weighted by Gasteiger charge is -2.50. The number of hydrogen-bond donors (Lipinski definition) is 2. The second kappa shape index (κ2) is 19.7. The minimum atomic E-state index is -1.82. The van der Waals surface area contributed by atoms with Crippen molar-refractivity contribution in [2.45, 2.75) is 265 Å². The molecule has 0 amide bonds. The molecule has 9 heteroatoms. The van der Waals surface area contributed by atoms with E-state index in [2.05, 4.69) is 87.7 Å². The summed E-state index contributed by atoms with van der Waals surface area (Å²) >= 11 is 0. The Balaban J connectivity index is 0.000000247. The molecule has 0 spiro atoms. The number of fused-ring (bicyclic) bond motifs is 2. The molecular formula is C56H102O7Si2. The zero-order chi connectivity index (χ0) is 48.9. The molecule has 65 heavy (non-hydrogen) atoms. The van der Waals surface area contributed by atoms with Crippen LogP contribution in [-0.4, -0.2) is 69.1 Å². The molecule has 0 heterocycles. The van der Waals surface area contributed by atoms with Crippen LogP contribution in [0.15, 0.2) is 12.2 Å². The number of aldehydes is 1. The van der Waals surface area contributed by atoms with Gasteiger partial charge in [-0.05, 0) is 212 Å². The summed E-state index contributed by atoms with van der Waals surface area (Å²) in [7, 11) is -3.60. The number of esters is 1. The quantitative estimate of drug-likeness (QED) is 0.0611. The molecular weight excluding hydrogens is 841 g/mol. The third-order valence-electron chi connectivity index (χ3n) is 20.2. The van der Waals surface area contributed by atoms with Crippen molar-refractivity contribution in [2.24, 2.45) is 57.2 Å². The Morgan fingerprint density at radius 2 is 1.05 bits per heavy atom. The molecule has 8 unspecified atom stereocenters. The highest BCUT2D eigenvalue weighted by atomic mass is 28.4. The summed E-state index contributed by atoms with van der Waals surface area (Å²) in [6.07, 6.45) is 26.6. The largest absolute Gasteiger partial charge is 0.463 e. The van der Waals surface area contributed by atoms with Gasteiger partial charge in [-0.3, -0.25) is 0 Å². The summed E-state index contributed by atoms with van der Waals surface area (Å²) in [6, 6.07) is 0. The van der Waals surface area contributed by atoms with Crippen molar-refractivity contribution in [3.63, 3.8) is 0 Å². The van der Waals surface area contributed by atoms with Gasteiger partial charge in [0.15, 0.2) is 16.6 Å². The van der Waals surface area contributed by atoms with E-state index in [1.165, 1.54) is 70.5 Å². The van der Waals surface area contributed by atoms with Crippen LogP contribution in [0.25, 0.3) is 0 Å². The molecule has 6 aliphatic carbocycles. The highest BCUT2D eigenvalue weighted by Crippen LogP contribution is 2.74. The average Bonchev–Trinajstić information content (AvgIpc) is 3.95. The van der Waals surface area contributed by atoms with Crippen molar-refractivity contribution in [1.29, 1.82) is 0 Å². The molecule has 376 valence electrons. The van der Waals surface area contributed by atoms with E-state index in [-0.39, 0.29) is 32.8 Å². The van der Waals surface area contributed by atoms with E-state index in [0.29, 0.717) is 59.2 Å². The van der Waals surface area contributed by atoms with Crippen LogP contribution in [0.1, 0.15) is 206 Å². The number of ether oxygens (including phenoxy) is 1. The van der Waals surface area contributed by atoms with Crippen LogP contribution >= 0.6 is 0 Å². The van der Waals surface area contributed by atoms with E-state index in [1.807, 2.05) is 34.6 Å². The molecule has 0 radical (unpaired) electrons. The maximum Gasteiger partial charge on any atom is 0.330 e. The van der Waals surface area contributed by atoms with Crippen LogP contribution < -0.4 is 0 Å². The van der Waals surface area contributed by atoms with Crippen molar-refractivity contribution in [1.82, 2.24) is 0 Å². The zero-order valence-electron chi connectivity index (χ0n) is 45.2. The normalized spacial score (nSPS) is 37.6. The van der Waals surface area contributed by atoms with Crippen molar-refractivity contribution < 1.29 is 33.4 Å². The van der Waals surface area contributed by atoms with Crippen LogP contribution in [0.4, 0.5) is 0 Å². The SMILES string of the molecule is CC(C)(O)CCCC1(C2CCC3[C@@H](O[Si](C)(C)C(C)(C)C)CCC[C@@]32C)CC1C=O.CCOC(=O)C=CC1CC1(CCCC(C)(C)O)C1CCC2[C@@H](O[Si](C)(C)C(C)(C)C)CCC[C@@]21C. The number of aliphatic hydroxyl groups is 2. The smallest absolute Gasteiger partial charge is 0.330 e. The molecule has 0 aliphatic heterocycles. The Morgan fingerprint density at radius 3 is 1.40 bits per heavy atom. The number of rotatable bonds is 18. The van der Waals surface area contributed by atoms with Gasteiger partial charge in [0, 0.05) is 24.2 Å². The highest BCUT2D eigenvalue weighted by Gasteiger charge is 2.68. The second-order valence-electron chi connectivity index (χ2n) is 27.8. The summed E-state index contributed by atoms with van der Waals surface area (Å²) in [6.45, 7) is 38.7. The molecule has 7 nitrogen and oxygen atoms in total. The highest BCUT2D eigenvalue weighted by molar-refractivity contribution is 6.74. The summed E-state index contributed by atoms with van der Waals surface area (Å²) in [5, 5.41) is 21.0. The minimum absolute atomic E-state index is 0.190. The number of carbonyl (C=O) groups excluding carboxylic acids is 2. The van der Waals surface area contributed by atoms with Gasteiger partial charge >= 0.3 is 5.97 Å². The molecule has 6 fully saturated rings. The van der Waals surface area contributed by atoms with E-state index < -0.39 is 27.8 Å². The molecule has 0 aromatic rings. The van der Waals surface area contributed by atoms with E-state index in [9.17, 15) is 19.8 Å². The van der Waals surface area contributed by atoms with Crippen molar-refractivity contribution in [3.8, 4) is 0 Å². The number of hydrogen-bond acceptors (Lipinski definition) is 7. The van der Waals surface area contributed by atoms with Gasteiger partial charge in [0.1, 0.15) is 6.29 Å². The third-order valence-corrected chi connectivity index (χ3v) is 29.2. The summed E-state index contributed by atoms with van der Waals surface area (Å²) in [4.78, 5) is 23.9. The number of allylic oxidation sites excluding steroid dienone is 1. The van der Waals surface area contributed by atoms with Gasteiger partial charge in [0.25, 0.3) is 0 Å². The zero-order valence-corrected chi connectivity index (χ0v) is 47.2. The first-order valence-electron chi connectivity index (χ1n) is 26.8. The Labute approximate surface area is 401 Å². The van der Waals surface area contributed by atoms with Crippen LogP contribution in [0.3, 0.4) is 0 Å². The molecule has 2 N–H and O–H groups in total. The lowest BCUT2D eigenvalue weighted by molar-refractivity contribution is -0.137. The van der Waals surface area contributed by atoms with Crippen LogP contribution in [0.5, 0.6) is 0 Å². The molecule has 0 saturated heterocycles. The van der Waals surface area contributed by atoms with E-state index >= 15 is 0 Å². The first-order valence-corrected chi connectivity index (χ1v) is 32.6. The summed E-state index contributed by atoms with van der Waals surface area (Å²) in [5.74, 6) is 3.03. The lowest BCUT2D eigenvalue weighted by Crippen LogP contribution is -2.50. The molecule has 6 aliphatic rings. The Morgan fingerprint density at radius 1 is 0.646 bits per heavy atom. The van der Waals surface area contributed by atoms with Gasteiger partial charge in [-0.1, -0.05) is 87.1 Å². The van der Waals surface area contributed by atoms with E-state index in [0.717, 1.165) is 51.4 Å². The fourth-order valence-electron chi connectivity index (χ4n) is 14.5. The fourth-order valence-corrected chi connectivity index (χ4v) is 17.3. The molecule has 0 bridgehead atoms.